The van der Waals surface area contributed by atoms with Crippen molar-refractivity contribution in [1.82, 2.24) is 4.90 Å². The number of halogens is 2. The maximum absolute atomic E-state index is 13.3. The van der Waals surface area contributed by atoms with Crippen molar-refractivity contribution in [2.75, 3.05) is 18.4 Å². The molecule has 5 nitrogen and oxygen atoms in total. The van der Waals surface area contributed by atoms with E-state index < -0.39 is 29.6 Å². The van der Waals surface area contributed by atoms with Gasteiger partial charge in [0.15, 0.2) is 0 Å². The van der Waals surface area contributed by atoms with Crippen molar-refractivity contribution < 1.29 is 23.5 Å². The Morgan fingerprint density at radius 2 is 2.05 bits per heavy atom. The Hall–Kier alpha value is -2.18. The number of likely N-dealkylation sites (tertiary alicyclic amines) is 1. The van der Waals surface area contributed by atoms with Gasteiger partial charge in [0.05, 0.1) is 11.6 Å². The number of rotatable bonds is 3. The Kier molecular flexibility index (Phi) is 3.87. The van der Waals surface area contributed by atoms with Crippen molar-refractivity contribution in [2.45, 2.75) is 6.92 Å². The molecule has 1 saturated heterocycles. The molecule has 20 heavy (non-hydrogen) atoms. The van der Waals surface area contributed by atoms with Gasteiger partial charge in [-0.25, -0.2) is 13.6 Å². The number of carboxylic acid groups (broad SMARTS) is 1. The molecule has 1 atom stereocenters. The van der Waals surface area contributed by atoms with Crippen molar-refractivity contribution in [3.8, 4) is 0 Å². The highest BCUT2D eigenvalue weighted by molar-refractivity contribution is 5.90. The molecule has 108 valence electrons. The van der Waals surface area contributed by atoms with E-state index in [1.165, 1.54) is 4.90 Å². The summed E-state index contributed by atoms with van der Waals surface area (Å²) in [6.07, 6.45) is 0. The summed E-state index contributed by atoms with van der Waals surface area (Å²) in [5, 5.41) is 11.1. The Labute approximate surface area is 114 Å². The third kappa shape index (κ3) is 2.87. The largest absolute Gasteiger partial charge is 0.481 e. The van der Waals surface area contributed by atoms with Crippen LogP contribution in [0, 0.1) is 23.5 Å². The summed E-state index contributed by atoms with van der Waals surface area (Å²) in [7, 11) is 0. The molecule has 1 aromatic carbocycles. The molecule has 0 aliphatic carbocycles. The summed E-state index contributed by atoms with van der Waals surface area (Å²) in [5.41, 5.74) is -0.232. The number of carbonyl (C=O) groups is 2. The first-order chi connectivity index (χ1) is 9.38. The number of carboxylic acids is 1. The lowest BCUT2D eigenvalue weighted by Crippen LogP contribution is -2.54. The molecule has 1 unspecified atom stereocenters. The minimum atomic E-state index is -0.911. The van der Waals surface area contributed by atoms with Gasteiger partial charge in [0.1, 0.15) is 11.6 Å². The lowest BCUT2D eigenvalue weighted by atomic mass is 9.87. The van der Waals surface area contributed by atoms with Crippen LogP contribution in [0.2, 0.25) is 0 Å². The number of hydrogen-bond acceptors (Lipinski definition) is 2. The van der Waals surface area contributed by atoms with Crippen LogP contribution in [0.1, 0.15) is 6.92 Å². The first kappa shape index (κ1) is 14.2. The topological polar surface area (TPSA) is 69.6 Å². The molecule has 2 rings (SSSR count). The van der Waals surface area contributed by atoms with Crippen LogP contribution in [-0.2, 0) is 4.79 Å². The fourth-order valence-electron chi connectivity index (χ4n) is 1.98. The van der Waals surface area contributed by atoms with Crippen LogP contribution in [0.3, 0.4) is 0 Å². The van der Waals surface area contributed by atoms with E-state index in [0.29, 0.717) is 0 Å². The molecule has 2 amide bonds. The minimum Gasteiger partial charge on any atom is -0.481 e. The summed E-state index contributed by atoms with van der Waals surface area (Å²) in [6, 6.07) is 2.21. The molecule has 0 radical (unpaired) electrons. The molecular weight excluding hydrogens is 270 g/mol. The summed E-state index contributed by atoms with van der Waals surface area (Å²) in [6.45, 7) is 2.15. The number of nitrogens with zero attached hydrogens (tertiary/aromatic N) is 1. The van der Waals surface area contributed by atoms with E-state index in [9.17, 15) is 18.4 Å². The van der Waals surface area contributed by atoms with Gasteiger partial charge >= 0.3 is 12.0 Å². The number of nitrogens with one attached hydrogen (secondary N) is 1. The summed E-state index contributed by atoms with van der Waals surface area (Å²) in [4.78, 5) is 23.9. The molecule has 7 heteroatoms. The summed E-state index contributed by atoms with van der Waals surface area (Å²) >= 11 is 0. The second-order valence-corrected chi connectivity index (χ2v) is 4.85. The Morgan fingerprint density at radius 3 is 2.65 bits per heavy atom. The van der Waals surface area contributed by atoms with Gasteiger partial charge < -0.3 is 15.3 Å². The number of carbonyl (C=O) groups excluding carboxylic acids is 1. The molecule has 0 bridgehead atoms. The lowest BCUT2D eigenvalue weighted by Gasteiger charge is -2.41. The molecule has 0 spiro atoms. The first-order valence-electron chi connectivity index (χ1n) is 6.12. The quantitative estimate of drug-likeness (QED) is 0.893. The fourth-order valence-corrected chi connectivity index (χ4v) is 1.98. The van der Waals surface area contributed by atoms with Gasteiger partial charge in [0.2, 0.25) is 0 Å². The number of amides is 2. The number of hydrogen-bond donors (Lipinski definition) is 2. The van der Waals surface area contributed by atoms with E-state index in [-0.39, 0.29) is 24.7 Å². The Balaban J connectivity index is 1.92. The molecule has 1 aliphatic rings. The number of benzene rings is 1. The normalized spacial score (nSPS) is 16.4. The van der Waals surface area contributed by atoms with Crippen LogP contribution in [0.5, 0.6) is 0 Å². The van der Waals surface area contributed by atoms with Crippen LogP contribution < -0.4 is 5.32 Å². The SMILES string of the molecule is CC(C(=O)O)C1CN(C(=O)Nc2cc(F)ccc2F)C1. The van der Waals surface area contributed by atoms with Gasteiger partial charge in [-0.3, -0.25) is 4.79 Å². The van der Waals surface area contributed by atoms with Crippen LogP contribution in [0.25, 0.3) is 0 Å². The summed E-state index contributed by atoms with van der Waals surface area (Å²) < 4.78 is 26.3. The molecule has 1 aromatic rings. The molecular formula is C13H14F2N2O3. The van der Waals surface area contributed by atoms with Crippen molar-refractivity contribution in [3.63, 3.8) is 0 Å². The number of anilines is 1. The van der Waals surface area contributed by atoms with E-state index >= 15 is 0 Å². The third-order valence-corrected chi connectivity index (χ3v) is 3.46. The van der Waals surface area contributed by atoms with Crippen LogP contribution in [0.4, 0.5) is 19.3 Å². The number of urea groups is 1. The van der Waals surface area contributed by atoms with Gasteiger partial charge in [-0.1, -0.05) is 6.92 Å². The van der Waals surface area contributed by atoms with Crippen LogP contribution in [-0.4, -0.2) is 35.1 Å². The molecule has 2 N–H and O–H groups in total. The molecule has 1 fully saturated rings. The zero-order valence-corrected chi connectivity index (χ0v) is 10.8. The summed E-state index contributed by atoms with van der Waals surface area (Å²) in [5.74, 6) is -2.94. The van der Waals surface area contributed by atoms with Gasteiger partial charge in [-0.2, -0.15) is 0 Å². The fraction of sp³-hybridized carbons (Fsp3) is 0.385. The van der Waals surface area contributed by atoms with E-state index in [1.54, 1.807) is 6.92 Å². The molecule has 0 aromatic heterocycles. The molecule has 0 saturated carbocycles. The van der Waals surface area contributed by atoms with E-state index in [1.807, 2.05) is 0 Å². The van der Waals surface area contributed by atoms with Crippen molar-refractivity contribution >= 4 is 17.7 Å². The van der Waals surface area contributed by atoms with Crippen LogP contribution in [0.15, 0.2) is 18.2 Å². The predicted octanol–water partition coefficient (Wildman–Crippen LogP) is 2.15. The van der Waals surface area contributed by atoms with Gasteiger partial charge in [-0.05, 0) is 12.1 Å². The Morgan fingerprint density at radius 1 is 1.40 bits per heavy atom. The van der Waals surface area contributed by atoms with Crippen molar-refractivity contribution in [1.29, 1.82) is 0 Å². The highest BCUT2D eigenvalue weighted by Gasteiger charge is 2.37. The lowest BCUT2D eigenvalue weighted by molar-refractivity contribution is -0.144. The number of aliphatic carboxylic acids is 1. The monoisotopic (exact) mass is 284 g/mol. The predicted molar refractivity (Wildman–Crippen MR) is 67.2 cm³/mol. The zero-order chi connectivity index (χ0) is 14.9. The third-order valence-electron chi connectivity index (χ3n) is 3.46. The van der Waals surface area contributed by atoms with E-state index in [2.05, 4.69) is 5.32 Å². The van der Waals surface area contributed by atoms with E-state index in [0.717, 1.165) is 18.2 Å². The van der Waals surface area contributed by atoms with E-state index in [4.69, 9.17) is 5.11 Å². The van der Waals surface area contributed by atoms with Gasteiger partial charge in [0, 0.05) is 25.1 Å². The maximum atomic E-state index is 13.3. The average molecular weight is 284 g/mol. The first-order valence-corrected chi connectivity index (χ1v) is 6.12. The smallest absolute Gasteiger partial charge is 0.321 e. The van der Waals surface area contributed by atoms with Gasteiger partial charge in [-0.15, -0.1) is 0 Å². The van der Waals surface area contributed by atoms with Crippen molar-refractivity contribution in [3.05, 3.63) is 29.8 Å². The molecule has 1 heterocycles. The highest BCUT2D eigenvalue weighted by Crippen LogP contribution is 2.25. The second-order valence-electron chi connectivity index (χ2n) is 4.85. The van der Waals surface area contributed by atoms with Gasteiger partial charge in [0.25, 0.3) is 0 Å². The maximum Gasteiger partial charge on any atom is 0.321 e. The van der Waals surface area contributed by atoms with Crippen molar-refractivity contribution in [2.24, 2.45) is 11.8 Å². The second kappa shape index (κ2) is 5.44. The Bertz CT molecular complexity index is 544. The minimum absolute atomic E-state index is 0.115. The molecule has 1 aliphatic heterocycles. The standard InChI is InChI=1S/C13H14F2N2O3/c1-7(12(18)19)8-5-17(6-8)13(20)16-11-4-9(14)2-3-10(11)15/h2-4,7-8H,5-6H2,1H3,(H,16,20)(H,18,19). The zero-order valence-electron chi connectivity index (χ0n) is 10.8. The van der Waals surface area contributed by atoms with Crippen LogP contribution >= 0.6 is 0 Å². The highest BCUT2D eigenvalue weighted by atomic mass is 19.1. The average Bonchev–Trinajstić information content (AvgIpc) is 2.31.